The summed E-state index contributed by atoms with van der Waals surface area (Å²) in [5.74, 6) is -0.0896. The summed E-state index contributed by atoms with van der Waals surface area (Å²) in [4.78, 5) is 12.9. The van der Waals surface area contributed by atoms with Crippen LogP contribution < -0.4 is 14.8 Å². The highest BCUT2D eigenvalue weighted by molar-refractivity contribution is 7.89. The van der Waals surface area contributed by atoms with E-state index in [2.05, 4.69) is 28.2 Å². The summed E-state index contributed by atoms with van der Waals surface area (Å²) in [5.41, 5.74) is 4.11. The molecular formula is C23H28N2O4S. The van der Waals surface area contributed by atoms with Gasteiger partial charge >= 0.3 is 0 Å². The Morgan fingerprint density at radius 3 is 2.50 bits per heavy atom. The molecule has 2 aliphatic rings. The molecule has 2 aliphatic carbocycles. The maximum atomic E-state index is 12.9. The Kier molecular flexibility index (Phi) is 5.84. The molecule has 4 rings (SSSR count). The van der Waals surface area contributed by atoms with Gasteiger partial charge in [-0.2, -0.15) is 0 Å². The van der Waals surface area contributed by atoms with Gasteiger partial charge in [-0.25, -0.2) is 13.1 Å². The first-order valence-electron chi connectivity index (χ1n) is 10.5. The molecule has 0 aliphatic heterocycles. The molecule has 2 N–H and O–H groups in total. The molecule has 1 amide bonds. The zero-order valence-electron chi connectivity index (χ0n) is 17.4. The first-order chi connectivity index (χ1) is 14.4. The van der Waals surface area contributed by atoms with Crippen LogP contribution in [0.25, 0.3) is 0 Å². The predicted molar refractivity (Wildman–Crippen MR) is 115 cm³/mol. The first-order valence-corrected chi connectivity index (χ1v) is 12.0. The lowest BCUT2D eigenvalue weighted by molar-refractivity contribution is 0.0939. The molecular weight excluding hydrogens is 400 g/mol. The minimum absolute atomic E-state index is 0.00835. The monoisotopic (exact) mass is 428 g/mol. The van der Waals surface area contributed by atoms with E-state index in [-0.39, 0.29) is 34.2 Å². The largest absolute Gasteiger partial charge is 0.495 e. The summed E-state index contributed by atoms with van der Waals surface area (Å²) < 4.78 is 33.3. The van der Waals surface area contributed by atoms with Gasteiger partial charge in [0.2, 0.25) is 10.0 Å². The van der Waals surface area contributed by atoms with Crippen molar-refractivity contribution in [3.63, 3.8) is 0 Å². The van der Waals surface area contributed by atoms with Crippen LogP contribution >= 0.6 is 0 Å². The fraction of sp³-hybridized carbons (Fsp3) is 0.435. The highest BCUT2D eigenvalue weighted by Gasteiger charge is 2.30. The molecule has 0 bridgehead atoms. The Bertz CT molecular complexity index is 1060. The van der Waals surface area contributed by atoms with Gasteiger partial charge in [-0.3, -0.25) is 4.79 Å². The van der Waals surface area contributed by atoms with Crippen molar-refractivity contribution in [3.8, 4) is 5.75 Å². The van der Waals surface area contributed by atoms with Crippen LogP contribution in [0.1, 0.15) is 65.7 Å². The van der Waals surface area contributed by atoms with Crippen LogP contribution in [0, 0.1) is 0 Å². The van der Waals surface area contributed by atoms with Crippen LogP contribution in [0.15, 0.2) is 41.3 Å². The van der Waals surface area contributed by atoms with Crippen molar-refractivity contribution in [1.29, 1.82) is 0 Å². The summed E-state index contributed by atoms with van der Waals surface area (Å²) in [6, 6.07) is 10.7. The van der Waals surface area contributed by atoms with E-state index in [0.717, 1.165) is 31.2 Å². The molecule has 2 aromatic rings. The number of hydrogen-bond acceptors (Lipinski definition) is 4. The Morgan fingerprint density at radius 2 is 1.80 bits per heavy atom. The quantitative estimate of drug-likeness (QED) is 0.707. The second-order valence-electron chi connectivity index (χ2n) is 8.19. The van der Waals surface area contributed by atoms with Crippen molar-refractivity contribution >= 4 is 15.9 Å². The fourth-order valence-electron chi connectivity index (χ4n) is 3.90. The molecule has 6 nitrogen and oxygen atoms in total. The van der Waals surface area contributed by atoms with Crippen LogP contribution in [0.5, 0.6) is 5.75 Å². The molecule has 1 fully saturated rings. The van der Waals surface area contributed by atoms with Gasteiger partial charge in [-0.1, -0.05) is 18.2 Å². The smallest absolute Gasteiger partial charge is 0.251 e. The highest BCUT2D eigenvalue weighted by Crippen LogP contribution is 2.29. The SMILES string of the molecule is COc1ccc(C(=O)NC(C)c2ccc3c(c2)CCCC3)cc1S(=O)(=O)NC1CC1. The second kappa shape index (κ2) is 8.40. The minimum Gasteiger partial charge on any atom is -0.495 e. The third-order valence-corrected chi connectivity index (χ3v) is 7.38. The normalized spacial score (nSPS) is 17.1. The highest BCUT2D eigenvalue weighted by atomic mass is 32.2. The number of methoxy groups -OCH3 is 1. The molecule has 0 aromatic heterocycles. The lowest BCUT2D eigenvalue weighted by Crippen LogP contribution is -2.28. The number of hydrogen-bond donors (Lipinski definition) is 2. The summed E-state index contributed by atoms with van der Waals surface area (Å²) in [7, 11) is -2.32. The third-order valence-electron chi connectivity index (χ3n) is 5.83. The zero-order valence-corrected chi connectivity index (χ0v) is 18.2. The number of fused-ring (bicyclic) bond motifs is 1. The van der Waals surface area contributed by atoms with Gasteiger partial charge in [0.15, 0.2) is 0 Å². The summed E-state index contributed by atoms with van der Waals surface area (Å²) in [6.07, 6.45) is 6.30. The predicted octanol–water partition coefficient (Wildman–Crippen LogP) is 3.51. The molecule has 2 aromatic carbocycles. The van der Waals surface area contributed by atoms with Crippen molar-refractivity contribution in [2.24, 2.45) is 0 Å². The van der Waals surface area contributed by atoms with Crippen molar-refractivity contribution in [3.05, 3.63) is 58.7 Å². The Labute approximate surface area is 178 Å². The lowest BCUT2D eigenvalue weighted by Gasteiger charge is -2.20. The molecule has 1 unspecified atom stereocenters. The van der Waals surface area contributed by atoms with Crippen LogP contribution in [-0.2, 0) is 22.9 Å². The van der Waals surface area contributed by atoms with E-state index < -0.39 is 10.0 Å². The van der Waals surface area contributed by atoms with Crippen LogP contribution in [-0.4, -0.2) is 27.5 Å². The Morgan fingerprint density at radius 1 is 1.07 bits per heavy atom. The average Bonchev–Trinajstić information content (AvgIpc) is 3.56. The summed E-state index contributed by atoms with van der Waals surface area (Å²) in [5, 5.41) is 2.99. The molecule has 0 heterocycles. The number of rotatable bonds is 7. The van der Waals surface area contributed by atoms with Gasteiger partial charge < -0.3 is 10.1 Å². The fourth-order valence-corrected chi connectivity index (χ4v) is 5.40. The number of sulfonamides is 1. The maximum Gasteiger partial charge on any atom is 0.251 e. The van der Waals surface area contributed by atoms with Gasteiger partial charge in [0, 0.05) is 11.6 Å². The van der Waals surface area contributed by atoms with Gasteiger partial charge in [0.25, 0.3) is 5.91 Å². The number of nitrogens with one attached hydrogen (secondary N) is 2. The van der Waals surface area contributed by atoms with E-state index in [0.29, 0.717) is 0 Å². The van der Waals surface area contributed by atoms with E-state index >= 15 is 0 Å². The molecule has 30 heavy (non-hydrogen) atoms. The van der Waals surface area contributed by atoms with Gasteiger partial charge in [-0.05, 0) is 80.3 Å². The lowest BCUT2D eigenvalue weighted by atomic mass is 9.89. The number of carbonyl (C=O) groups excluding carboxylic acids is 1. The van der Waals surface area contributed by atoms with E-state index in [1.165, 1.54) is 43.2 Å². The maximum absolute atomic E-state index is 12.9. The zero-order chi connectivity index (χ0) is 21.3. The number of aryl methyl sites for hydroxylation is 2. The Balaban J connectivity index is 1.53. The molecule has 0 radical (unpaired) electrons. The van der Waals surface area contributed by atoms with Crippen LogP contribution in [0.2, 0.25) is 0 Å². The molecule has 0 spiro atoms. The second-order valence-corrected chi connectivity index (χ2v) is 9.87. The minimum atomic E-state index is -3.74. The number of benzene rings is 2. The van der Waals surface area contributed by atoms with E-state index in [1.54, 1.807) is 6.07 Å². The Hall–Kier alpha value is -2.38. The van der Waals surface area contributed by atoms with E-state index in [1.807, 2.05) is 6.92 Å². The van der Waals surface area contributed by atoms with Gasteiger partial charge in [0.05, 0.1) is 13.2 Å². The molecule has 1 saturated carbocycles. The van der Waals surface area contributed by atoms with Gasteiger partial charge in [0.1, 0.15) is 10.6 Å². The summed E-state index contributed by atoms with van der Waals surface area (Å²) in [6.45, 7) is 1.94. The third kappa shape index (κ3) is 4.52. The number of carbonyl (C=O) groups is 1. The number of ether oxygens (including phenoxy) is 1. The van der Waals surface area contributed by atoms with E-state index in [4.69, 9.17) is 4.74 Å². The standard InChI is InChI=1S/C23H28N2O4S/c1-15(17-8-7-16-5-3-4-6-18(16)13-17)24-23(26)19-9-12-21(29-2)22(14-19)30(27,28)25-20-10-11-20/h7-9,12-15,20,25H,3-6,10-11H2,1-2H3,(H,24,26). The molecule has 1 atom stereocenters. The molecule has 0 saturated heterocycles. The van der Waals surface area contributed by atoms with Gasteiger partial charge in [-0.15, -0.1) is 0 Å². The first kappa shape index (κ1) is 20.9. The number of amides is 1. The van der Waals surface area contributed by atoms with Crippen LogP contribution in [0.4, 0.5) is 0 Å². The van der Waals surface area contributed by atoms with Crippen LogP contribution in [0.3, 0.4) is 0 Å². The molecule has 7 heteroatoms. The molecule has 160 valence electrons. The van der Waals surface area contributed by atoms with Crippen molar-refractivity contribution in [2.75, 3.05) is 7.11 Å². The van der Waals surface area contributed by atoms with E-state index in [9.17, 15) is 13.2 Å². The van der Waals surface area contributed by atoms with Crippen molar-refractivity contribution < 1.29 is 17.9 Å². The van der Waals surface area contributed by atoms with Crippen molar-refractivity contribution in [2.45, 2.75) is 62.4 Å². The summed E-state index contributed by atoms with van der Waals surface area (Å²) >= 11 is 0. The van der Waals surface area contributed by atoms with Crippen molar-refractivity contribution in [1.82, 2.24) is 10.0 Å². The topological polar surface area (TPSA) is 84.5 Å². The average molecular weight is 429 g/mol.